The fraction of sp³-hybridized carbons (Fsp3) is 0.217. The van der Waals surface area contributed by atoms with E-state index in [9.17, 15) is 14.0 Å². The number of rotatable bonds is 5. The first-order valence-corrected chi connectivity index (χ1v) is 9.80. The molecule has 1 aromatic heterocycles. The Hall–Kier alpha value is -3.45. The molecule has 7 heteroatoms. The number of piperazine rings is 1. The van der Waals surface area contributed by atoms with E-state index in [2.05, 4.69) is 10.2 Å². The Morgan fingerprint density at radius 2 is 1.60 bits per heavy atom. The van der Waals surface area contributed by atoms with Crippen LogP contribution in [-0.2, 0) is 4.79 Å². The van der Waals surface area contributed by atoms with Crippen LogP contribution in [0.1, 0.15) is 22.2 Å². The molecule has 4 rings (SSSR count). The van der Waals surface area contributed by atoms with Crippen LogP contribution in [0.15, 0.2) is 77.4 Å². The highest BCUT2D eigenvalue weighted by Gasteiger charge is 2.32. The number of hydrogen-bond acceptors (Lipinski definition) is 4. The summed E-state index contributed by atoms with van der Waals surface area (Å²) in [4.78, 5) is 29.5. The molecule has 154 valence electrons. The quantitative estimate of drug-likeness (QED) is 0.702. The zero-order chi connectivity index (χ0) is 20.9. The van der Waals surface area contributed by atoms with E-state index in [1.807, 2.05) is 30.3 Å². The van der Waals surface area contributed by atoms with Gasteiger partial charge in [0.05, 0.1) is 6.26 Å². The lowest BCUT2D eigenvalue weighted by atomic mass is 10.0. The summed E-state index contributed by atoms with van der Waals surface area (Å²) in [5.41, 5.74) is 1.40. The molecule has 2 amide bonds. The van der Waals surface area contributed by atoms with E-state index in [0.717, 1.165) is 5.56 Å². The number of benzene rings is 2. The van der Waals surface area contributed by atoms with Crippen molar-refractivity contribution in [2.24, 2.45) is 0 Å². The molecule has 1 atom stereocenters. The molecule has 0 bridgehead atoms. The highest BCUT2D eigenvalue weighted by molar-refractivity contribution is 5.95. The molecule has 0 radical (unpaired) electrons. The molecule has 0 saturated carbocycles. The summed E-state index contributed by atoms with van der Waals surface area (Å²) in [5.74, 6) is -0.382. The maximum absolute atomic E-state index is 13.2. The SMILES string of the molecule is O=C(Nc1ccc(F)cc1)[C@@H](c1ccccc1)N1CCN(C(=O)c2ccco2)CC1. The van der Waals surface area contributed by atoms with E-state index < -0.39 is 6.04 Å². The Morgan fingerprint density at radius 3 is 2.23 bits per heavy atom. The molecular formula is C23H22FN3O3. The van der Waals surface area contributed by atoms with Gasteiger partial charge in [0.2, 0.25) is 5.91 Å². The van der Waals surface area contributed by atoms with Crippen molar-refractivity contribution < 1.29 is 18.4 Å². The number of anilines is 1. The minimum Gasteiger partial charge on any atom is -0.459 e. The number of nitrogens with zero attached hydrogens (tertiary/aromatic N) is 2. The van der Waals surface area contributed by atoms with Crippen molar-refractivity contribution in [1.29, 1.82) is 0 Å². The van der Waals surface area contributed by atoms with Crippen LogP contribution in [-0.4, -0.2) is 47.8 Å². The Kier molecular flexibility index (Phi) is 5.90. The molecule has 6 nitrogen and oxygen atoms in total. The van der Waals surface area contributed by atoms with Gasteiger partial charge in [-0.15, -0.1) is 0 Å². The molecule has 1 aliphatic heterocycles. The van der Waals surface area contributed by atoms with E-state index in [0.29, 0.717) is 37.6 Å². The van der Waals surface area contributed by atoms with Crippen LogP contribution in [0.4, 0.5) is 10.1 Å². The van der Waals surface area contributed by atoms with Crippen LogP contribution in [0.5, 0.6) is 0 Å². The molecule has 1 fully saturated rings. The predicted octanol–water partition coefficient (Wildman–Crippen LogP) is 3.56. The van der Waals surface area contributed by atoms with Gasteiger partial charge in [-0.3, -0.25) is 14.5 Å². The van der Waals surface area contributed by atoms with E-state index in [1.54, 1.807) is 17.0 Å². The van der Waals surface area contributed by atoms with E-state index in [4.69, 9.17) is 4.42 Å². The van der Waals surface area contributed by atoms with Crippen molar-refractivity contribution in [2.75, 3.05) is 31.5 Å². The van der Waals surface area contributed by atoms with Crippen molar-refractivity contribution in [3.8, 4) is 0 Å². The van der Waals surface area contributed by atoms with Gasteiger partial charge in [0, 0.05) is 31.9 Å². The van der Waals surface area contributed by atoms with Crippen molar-refractivity contribution in [1.82, 2.24) is 9.80 Å². The molecule has 0 unspecified atom stereocenters. The molecule has 2 heterocycles. The van der Waals surface area contributed by atoms with Gasteiger partial charge in [0.15, 0.2) is 5.76 Å². The van der Waals surface area contributed by atoms with Gasteiger partial charge < -0.3 is 14.6 Å². The third-order valence-electron chi connectivity index (χ3n) is 5.17. The maximum atomic E-state index is 13.2. The molecule has 30 heavy (non-hydrogen) atoms. The Balaban J connectivity index is 1.49. The normalized spacial score (nSPS) is 15.6. The Morgan fingerprint density at radius 1 is 0.900 bits per heavy atom. The minimum atomic E-state index is -0.517. The molecular weight excluding hydrogens is 385 g/mol. The molecule has 1 aliphatic rings. The molecule has 1 saturated heterocycles. The standard InChI is InChI=1S/C23H22FN3O3/c24-18-8-10-19(11-9-18)25-22(28)21(17-5-2-1-3-6-17)26-12-14-27(15-13-26)23(29)20-7-4-16-30-20/h1-11,16,21H,12-15H2,(H,25,28)/t21-/m1/s1. The van der Waals surface area contributed by atoms with Crippen LogP contribution in [0.3, 0.4) is 0 Å². The van der Waals surface area contributed by atoms with Crippen LogP contribution in [0.2, 0.25) is 0 Å². The summed E-state index contributed by atoms with van der Waals surface area (Å²) in [6, 6.07) is 18.0. The fourth-order valence-corrected chi connectivity index (χ4v) is 3.65. The van der Waals surface area contributed by atoms with Gasteiger partial charge in [-0.05, 0) is 42.0 Å². The first-order chi connectivity index (χ1) is 14.6. The van der Waals surface area contributed by atoms with Gasteiger partial charge >= 0.3 is 0 Å². The van der Waals surface area contributed by atoms with E-state index in [1.165, 1.54) is 30.5 Å². The molecule has 0 spiro atoms. The third kappa shape index (κ3) is 4.41. The average Bonchev–Trinajstić information content (AvgIpc) is 3.31. The lowest BCUT2D eigenvalue weighted by Crippen LogP contribution is -2.51. The third-order valence-corrected chi connectivity index (χ3v) is 5.17. The second kappa shape index (κ2) is 8.92. The van der Waals surface area contributed by atoms with Gasteiger partial charge in [-0.25, -0.2) is 4.39 Å². The van der Waals surface area contributed by atoms with Crippen molar-refractivity contribution in [3.63, 3.8) is 0 Å². The van der Waals surface area contributed by atoms with Crippen LogP contribution in [0.25, 0.3) is 0 Å². The first kappa shape index (κ1) is 19.8. The zero-order valence-electron chi connectivity index (χ0n) is 16.3. The molecule has 1 N–H and O–H groups in total. The van der Waals surface area contributed by atoms with Gasteiger partial charge in [0.1, 0.15) is 11.9 Å². The summed E-state index contributed by atoms with van der Waals surface area (Å²) in [5, 5.41) is 2.88. The Bertz CT molecular complexity index is 982. The summed E-state index contributed by atoms with van der Waals surface area (Å²) in [6.45, 7) is 2.07. The largest absolute Gasteiger partial charge is 0.459 e. The average molecular weight is 407 g/mol. The fourth-order valence-electron chi connectivity index (χ4n) is 3.65. The molecule has 2 aromatic carbocycles. The second-order valence-electron chi connectivity index (χ2n) is 7.11. The van der Waals surface area contributed by atoms with Crippen LogP contribution < -0.4 is 5.32 Å². The zero-order valence-corrected chi connectivity index (χ0v) is 16.3. The molecule has 3 aromatic rings. The van der Waals surface area contributed by atoms with Crippen molar-refractivity contribution in [3.05, 3.63) is 90.1 Å². The topological polar surface area (TPSA) is 65.8 Å². The summed E-state index contributed by atoms with van der Waals surface area (Å²) < 4.78 is 18.4. The van der Waals surface area contributed by atoms with Crippen LogP contribution >= 0.6 is 0 Å². The smallest absolute Gasteiger partial charge is 0.289 e. The highest BCUT2D eigenvalue weighted by Crippen LogP contribution is 2.25. The molecule has 0 aliphatic carbocycles. The van der Waals surface area contributed by atoms with Gasteiger partial charge in [-0.2, -0.15) is 0 Å². The predicted molar refractivity (Wildman–Crippen MR) is 110 cm³/mol. The Labute approximate surface area is 173 Å². The number of furan rings is 1. The van der Waals surface area contributed by atoms with E-state index in [-0.39, 0.29) is 17.6 Å². The first-order valence-electron chi connectivity index (χ1n) is 9.80. The lowest BCUT2D eigenvalue weighted by Gasteiger charge is -2.38. The number of amides is 2. The number of hydrogen-bond donors (Lipinski definition) is 1. The maximum Gasteiger partial charge on any atom is 0.289 e. The number of halogens is 1. The monoisotopic (exact) mass is 407 g/mol. The second-order valence-corrected chi connectivity index (χ2v) is 7.11. The lowest BCUT2D eigenvalue weighted by molar-refractivity contribution is -0.122. The summed E-state index contributed by atoms with van der Waals surface area (Å²) in [7, 11) is 0. The highest BCUT2D eigenvalue weighted by atomic mass is 19.1. The number of nitrogens with one attached hydrogen (secondary N) is 1. The van der Waals surface area contributed by atoms with Crippen LogP contribution in [0, 0.1) is 5.82 Å². The summed E-state index contributed by atoms with van der Waals surface area (Å²) in [6.07, 6.45) is 1.48. The number of carbonyl (C=O) groups is 2. The van der Waals surface area contributed by atoms with Gasteiger partial charge in [-0.1, -0.05) is 30.3 Å². The van der Waals surface area contributed by atoms with E-state index >= 15 is 0 Å². The summed E-state index contributed by atoms with van der Waals surface area (Å²) >= 11 is 0. The minimum absolute atomic E-state index is 0.147. The number of carbonyl (C=O) groups excluding carboxylic acids is 2. The van der Waals surface area contributed by atoms with Gasteiger partial charge in [0.25, 0.3) is 5.91 Å². The van der Waals surface area contributed by atoms with Crippen molar-refractivity contribution >= 4 is 17.5 Å². The van der Waals surface area contributed by atoms with Crippen molar-refractivity contribution in [2.45, 2.75) is 6.04 Å².